The van der Waals surface area contributed by atoms with Crippen molar-refractivity contribution in [2.45, 2.75) is 17.9 Å². The molecule has 0 unspecified atom stereocenters. The minimum Gasteiger partial charge on any atom is -0.305 e. The highest BCUT2D eigenvalue weighted by Gasteiger charge is 2.30. The molecule has 4 nitrogen and oxygen atoms in total. The molecule has 3 rings (SSSR count). The summed E-state index contributed by atoms with van der Waals surface area (Å²) < 4.78 is 1.78. The van der Waals surface area contributed by atoms with E-state index < -0.39 is 0 Å². The minimum atomic E-state index is -0.00230. The van der Waals surface area contributed by atoms with Gasteiger partial charge in [0.05, 0.1) is 6.04 Å². The van der Waals surface area contributed by atoms with E-state index in [1.54, 1.807) is 21.8 Å². The summed E-state index contributed by atoms with van der Waals surface area (Å²) in [5.74, 6) is -0.00230. The Morgan fingerprint density at radius 2 is 2.00 bits per heavy atom. The van der Waals surface area contributed by atoms with Gasteiger partial charge in [0.1, 0.15) is 5.69 Å². The first-order valence-corrected chi connectivity index (χ1v) is 6.26. The highest BCUT2D eigenvalue weighted by molar-refractivity contribution is 7.80. The van der Waals surface area contributed by atoms with E-state index in [1.165, 1.54) is 0 Å². The van der Waals surface area contributed by atoms with E-state index in [2.05, 4.69) is 24.7 Å². The average Bonchev–Trinajstić information content (AvgIpc) is 2.85. The van der Waals surface area contributed by atoms with Crippen molar-refractivity contribution in [3.05, 3.63) is 42.2 Å². The third-order valence-corrected chi connectivity index (χ3v) is 3.46. The van der Waals surface area contributed by atoms with Gasteiger partial charge < -0.3 is 4.90 Å². The fourth-order valence-corrected chi connectivity index (χ4v) is 2.40. The van der Waals surface area contributed by atoms with Gasteiger partial charge in [-0.1, -0.05) is 0 Å². The summed E-state index contributed by atoms with van der Waals surface area (Å²) in [5.41, 5.74) is 1.54. The fraction of sp³-hybridized carbons (Fsp3) is 0.231. The fourth-order valence-electron chi connectivity index (χ4n) is 2.25. The van der Waals surface area contributed by atoms with Gasteiger partial charge in [0.25, 0.3) is 5.91 Å². The molecule has 1 aliphatic heterocycles. The van der Waals surface area contributed by atoms with Crippen LogP contribution < -0.4 is 4.90 Å². The number of hydrogen-bond donors (Lipinski definition) is 1. The van der Waals surface area contributed by atoms with Crippen LogP contribution >= 0.6 is 12.6 Å². The molecule has 0 saturated carbocycles. The van der Waals surface area contributed by atoms with Crippen LogP contribution in [-0.4, -0.2) is 22.2 Å². The Bertz CT molecular complexity index is 591. The number of fused-ring (bicyclic) bond motifs is 1. The summed E-state index contributed by atoms with van der Waals surface area (Å²) >= 11 is 4.25. The van der Waals surface area contributed by atoms with Crippen LogP contribution in [-0.2, 0) is 0 Å². The summed E-state index contributed by atoms with van der Waals surface area (Å²) in [7, 11) is 0. The molecule has 0 aliphatic carbocycles. The second kappa shape index (κ2) is 4.17. The molecule has 1 aliphatic rings. The summed E-state index contributed by atoms with van der Waals surface area (Å²) in [5, 5.41) is 4.19. The maximum Gasteiger partial charge on any atom is 0.276 e. The van der Waals surface area contributed by atoms with Crippen LogP contribution in [0.5, 0.6) is 0 Å². The van der Waals surface area contributed by atoms with Gasteiger partial charge in [0, 0.05) is 23.3 Å². The number of nitrogens with zero attached hydrogens (tertiary/aromatic N) is 3. The van der Waals surface area contributed by atoms with Crippen molar-refractivity contribution in [1.29, 1.82) is 0 Å². The Morgan fingerprint density at radius 1 is 1.28 bits per heavy atom. The van der Waals surface area contributed by atoms with Crippen LogP contribution in [0.15, 0.2) is 41.4 Å². The van der Waals surface area contributed by atoms with Crippen molar-refractivity contribution < 1.29 is 4.79 Å². The first-order chi connectivity index (χ1) is 8.66. The largest absolute Gasteiger partial charge is 0.305 e. The molecule has 2 aromatic rings. The zero-order chi connectivity index (χ0) is 12.7. The molecule has 0 fully saturated rings. The van der Waals surface area contributed by atoms with Gasteiger partial charge >= 0.3 is 0 Å². The molecule has 0 saturated heterocycles. The standard InChI is InChI=1S/C13H13N3OS/c1-9-8-15(10-2-4-11(18)5-3-10)13(17)12-6-7-14-16(9)12/h2-7,9,18H,8H2,1H3/t9-/m0/s1. The Morgan fingerprint density at radius 3 is 2.72 bits per heavy atom. The number of benzene rings is 1. The summed E-state index contributed by atoms with van der Waals surface area (Å²) in [6.07, 6.45) is 1.67. The van der Waals surface area contributed by atoms with E-state index in [0.717, 1.165) is 10.6 Å². The minimum absolute atomic E-state index is 0.00230. The number of carbonyl (C=O) groups excluding carboxylic acids is 1. The first-order valence-electron chi connectivity index (χ1n) is 5.81. The van der Waals surface area contributed by atoms with Crippen LogP contribution in [0.2, 0.25) is 0 Å². The highest BCUT2D eigenvalue weighted by Crippen LogP contribution is 2.26. The first kappa shape index (κ1) is 11.3. The molecular weight excluding hydrogens is 246 g/mol. The van der Waals surface area contributed by atoms with Crippen molar-refractivity contribution in [1.82, 2.24) is 9.78 Å². The smallest absolute Gasteiger partial charge is 0.276 e. The Balaban J connectivity index is 2.01. The number of anilines is 1. The van der Waals surface area contributed by atoms with Crippen molar-refractivity contribution in [3.63, 3.8) is 0 Å². The molecule has 0 bridgehead atoms. The van der Waals surface area contributed by atoms with E-state index in [-0.39, 0.29) is 11.9 Å². The Labute approximate surface area is 111 Å². The van der Waals surface area contributed by atoms with Crippen LogP contribution in [0.1, 0.15) is 23.5 Å². The zero-order valence-electron chi connectivity index (χ0n) is 9.95. The van der Waals surface area contributed by atoms with E-state index in [0.29, 0.717) is 12.2 Å². The number of hydrogen-bond acceptors (Lipinski definition) is 3. The van der Waals surface area contributed by atoms with Gasteiger partial charge in [-0.2, -0.15) is 5.10 Å². The van der Waals surface area contributed by atoms with Crippen molar-refractivity contribution in [2.24, 2.45) is 0 Å². The molecular formula is C13H13N3OS. The predicted octanol–water partition coefficient (Wildman–Crippen LogP) is 2.39. The molecule has 0 spiro atoms. The summed E-state index contributed by atoms with van der Waals surface area (Å²) in [6, 6.07) is 9.56. The van der Waals surface area contributed by atoms with Gasteiger partial charge in [-0.3, -0.25) is 9.48 Å². The average molecular weight is 259 g/mol. The van der Waals surface area contributed by atoms with Crippen LogP contribution in [0.3, 0.4) is 0 Å². The van der Waals surface area contributed by atoms with E-state index in [1.807, 2.05) is 24.3 Å². The molecule has 2 heterocycles. The van der Waals surface area contributed by atoms with E-state index >= 15 is 0 Å². The molecule has 0 N–H and O–H groups in total. The van der Waals surface area contributed by atoms with Crippen LogP contribution in [0.25, 0.3) is 0 Å². The van der Waals surface area contributed by atoms with Gasteiger partial charge in [0.2, 0.25) is 0 Å². The number of carbonyl (C=O) groups is 1. The lowest BCUT2D eigenvalue weighted by molar-refractivity contribution is 0.0953. The lowest BCUT2D eigenvalue weighted by Gasteiger charge is -2.31. The monoisotopic (exact) mass is 259 g/mol. The van der Waals surface area contributed by atoms with Crippen molar-refractivity contribution in [2.75, 3.05) is 11.4 Å². The van der Waals surface area contributed by atoms with Gasteiger partial charge in [-0.25, -0.2) is 0 Å². The Kier molecular flexibility index (Phi) is 2.63. The van der Waals surface area contributed by atoms with Crippen molar-refractivity contribution >= 4 is 24.2 Å². The van der Waals surface area contributed by atoms with E-state index in [9.17, 15) is 4.79 Å². The molecule has 1 aromatic heterocycles. The quantitative estimate of drug-likeness (QED) is 0.799. The Hall–Kier alpha value is -1.75. The number of rotatable bonds is 1. The molecule has 0 radical (unpaired) electrons. The molecule has 5 heteroatoms. The normalized spacial score (nSPS) is 18.9. The lowest BCUT2D eigenvalue weighted by atomic mass is 10.1. The molecule has 92 valence electrons. The maximum absolute atomic E-state index is 12.4. The highest BCUT2D eigenvalue weighted by atomic mass is 32.1. The second-order valence-corrected chi connectivity index (χ2v) is 4.96. The van der Waals surface area contributed by atoms with Crippen LogP contribution in [0, 0.1) is 0 Å². The maximum atomic E-state index is 12.4. The molecule has 1 amide bonds. The molecule has 1 aromatic carbocycles. The topological polar surface area (TPSA) is 38.1 Å². The zero-order valence-corrected chi connectivity index (χ0v) is 10.8. The van der Waals surface area contributed by atoms with Crippen molar-refractivity contribution in [3.8, 4) is 0 Å². The number of amides is 1. The lowest BCUT2D eigenvalue weighted by Crippen LogP contribution is -2.42. The number of aromatic nitrogens is 2. The van der Waals surface area contributed by atoms with E-state index in [4.69, 9.17) is 0 Å². The predicted molar refractivity (Wildman–Crippen MR) is 72.3 cm³/mol. The molecule has 1 atom stereocenters. The third kappa shape index (κ3) is 1.71. The third-order valence-electron chi connectivity index (χ3n) is 3.16. The van der Waals surface area contributed by atoms with Gasteiger partial charge in [0.15, 0.2) is 0 Å². The van der Waals surface area contributed by atoms with Gasteiger partial charge in [-0.05, 0) is 37.3 Å². The SMILES string of the molecule is C[C@H]1CN(c2ccc(S)cc2)C(=O)c2ccnn21. The van der Waals surface area contributed by atoms with Gasteiger partial charge in [-0.15, -0.1) is 12.6 Å². The number of thiol groups is 1. The van der Waals surface area contributed by atoms with Crippen LogP contribution in [0.4, 0.5) is 5.69 Å². The second-order valence-electron chi connectivity index (χ2n) is 4.44. The molecule has 18 heavy (non-hydrogen) atoms. The summed E-state index contributed by atoms with van der Waals surface area (Å²) in [4.78, 5) is 15.0. The summed E-state index contributed by atoms with van der Waals surface area (Å²) in [6.45, 7) is 2.70.